The molecule has 1 aromatic heterocycles. The molecule has 0 aliphatic heterocycles. The Morgan fingerprint density at radius 3 is 2.87 bits per heavy atom. The minimum absolute atomic E-state index is 0.0610. The highest BCUT2D eigenvalue weighted by Crippen LogP contribution is 2.28. The fraction of sp³-hybridized carbons (Fsp3) is 0. The van der Waals surface area contributed by atoms with Gasteiger partial charge in [0.1, 0.15) is 10.7 Å². The zero-order valence-electron chi connectivity index (χ0n) is 7.58. The minimum Gasteiger partial charge on any atom is -0.340 e. The van der Waals surface area contributed by atoms with E-state index in [9.17, 15) is 10.1 Å². The standard InChI is InChI=1S/C9H7N3O2S/c13-12(14)8-4-2-1-3-7(8)11-9-5-10-6-15-9/h1-6,11H. The third-order valence-corrected chi connectivity index (χ3v) is 2.48. The second-order valence-corrected chi connectivity index (χ2v) is 3.65. The van der Waals surface area contributed by atoms with Gasteiger partial charge in [-0.25, -0.2) is 0 Å². The Balaban J connectivity index is 2.32. The third-order valence-electron chi connectivity index (χ3n) is 1.79. The molecule has 0 radical (unpaired) electrons. The molecule has 0 saturated heterocycles. The monoisotopic (exact) mass is 221 g/mol. The van der Waals surface area contributed by atoms with Gasteiger partial charge in [0.2, 0.25) is 0 Å². The van der Waals surface area contributed by atoms with Crippen LogP contribution < -0.4 is 5.32 Å². The number of nitrogens with one attached hydrogen (secondary N) is 1. The van der Waals surface area contributed by atoms with E-state index < -0.39 is 4.92 Å². The Bertz CT molecular complexity index is 470. The summed E-state index contributed by atoms with van der Waals surface area (Å²) in [6.45, 7) is 0. The number of hydrogen-bond donors (Lipinski definition) is 1. The number of aromatic nitrogens is 1. The van der Waals surface area contributed by atoms with Gasteiger partial charge in [-0.3, -0.25) is 15.1 Å². The van der Waals surface area contributed by atoms with Crippen LogP contribution in [0.5, 0.6) is 0 Å². The molecule has 6 heteroatoms. The molecular weight excluding hydrogens is 214 g/mol. The van der Waals surface area contributed by atoms with Gasteiger partial charge >= 0.3 is 0 Å². The van der Waals surface area contributed by atoms with E-state index in [2.05, 4.69) is 10.3 Å². The first-order valence-electron chi connectivity index (χ1n) is 4.16. The van der Waals surface area contributed by atoms with E-state index >= 15 is 0 Å². The van der Waals surface area contributed by atoms with Gasteiger partial charge in [0.05, 0.1) is 16.6 Å². The number of anilines is 2. The van der Waals surface area contributed by atoms with Crippen molar-refractivity contribution in [3.63, 3.8) is 0 Å². The molecule has 1 aromatic carbocycles. The average molecular weight is 221 g/mol. The zero-order chi connectivity index (χ0) is 10.7. The first-order chi connectivity index (χ1) is 7.27. The summed E-state index contributed by atoms with van der Waals surface area (Å²) >= 11 is 1.39. The summed E-state index contributed by atoms with van der Waals surface area (Å²) < 4.78 is 0. The number of hydrogen-bond acceptors (Lipinski definition) is 5. The third kappa shape index (κ3) is 2.10. The van der Waals surface area contributed by atoms with Crippen molar-refractivity contribution in [3.8, 4) is 0 Å². The Hall–Kier alpha value is -1.95. The van der Waals surface area contributed by atoms with Crippen LogP contribution in [0.3, 0.4) is 0 Å². The predicted molar refractivity (Wildman–Crippen MR) is 58.5 cm³/mol. The second kappa shape index (κ2) is 4.05. The number of nitrogens with zero attached hydrogens (tertiary/aromatic N) is 2. The average Bonchev–Trinajstić information content (AvgIpc) is 2.71. The number of rotatable bonds is 3. The molecule has 15 heavy (non-hydrogen) atoms. The van der Waals surface area contributed by atoms with E-state index in [4.69, 9.17) is 0 Å². The zero-order valence-corrected chi connectivity index (χ0v) is 8.40. The van der Waals surface area contributed by atoms with E-state index in [0.29, 0.717) is 5.69 Å². The smallest absolute Gasteiger partial charge is 0.292 e. The van der Waals surface area contributed by atoms with Crippen LogP contribution in [0.25, 0.3) is 0 Å². The SMILES string of the molecule is O=[N+]([O-])c1ccccc1Nc1cncs1. The highest BCUT2D eigenvalue weighted by atomic mass is 32.1. The molecule has 0 amide bonds. The lowest BCUT2D eigenvalue weighted by molar-refractivity contribution is -0.383. The van der Waals surface area contributed by atoms with E-state index in [-0.39, 0.29) is 5.69 Å². The first-order valence-corrected chi connectivity index (χ1v) is 5.04. The van der Waals surface area contributed by atoms with Gasteiger partial charge in [-0.2, -0.15) is 0 Å². The molecule has 5 nitrogen and oxygen atoms in total. The summed E-state index contributed by atoms with van der Waals surface area (Å²) in [5, 5.41) is 14.4. The largest absolute Gasteiger partial charge is 0.340 e. The van der Waals surface area contributed by atoms with Crippen molar-refractivity contribution >= 4 is 27.7 Å². The fourth-order valence-electron chi connectivity index (χ4n) is 1.15. The maximum Gasteiger partial charge on any atom is 0.292 e. The molecule has 2 aromatic rings. The summed E-state index contributed by atoms with van der Waals surface area (Å²) in [5.41, 5.74) is 2.20. The lowest BCUT2D eigenvalue weighted by Crippen LogP contribution is -1.95. The number of nitro benzene ring substituents is 1. The number of para-hydroxylation sites is 2. The van der Waals surface area contributed by atoms with Crippen molar-refractivity contribution in [2.24, 2.45) is 0 Å². The highest BCUT2D eigenvalue weighted by Gasteiger charge is 2.12. The molecule has 0 spiro atoms. The molecule has 1 N–H and O–H groups in total. The molecular formula is C9H7N3O2S. The van der Waals surface area contributed by atoms with E-state index in [1.54, 1.807) is 29.9 Å². The van der Waals surface area contributed by atoms with Gasteiger partial charge < -0.3 is 5.32 Å². The van der Waals surface area contributed by atoms with Crippen LogP contribution in [0.1, 0.15) is 0 Å². The molecule has 0 bridgehead atoms. The Labute approximate surface area is 89.6 Å². The quantitative estimate of drug-likeness (QED) is 0.639. The van der Waals surface area contributed by atoms with E-state index in [1.807, 2.05) is 0 Å². The summed E-state index contributed by atoms with van der Waals surface area (Å²) in [6.07, 6.45) is 1.63. The van der Waals surface area contributed by atoms with Crippen LogP contribution in [-0.4, -0.2) is 9.91 Å². The number of benzene rings is 1. The summed E-state index contributed by atoms with van der Waals surface area (Å²) in [5.74, 6) is 0. The summed E-state index contributed by atoms with van der Waals surface area (Å²) in [4.78, 5) is 14.2. The van der Waals surface area contributed by atoms with Crippen molar-refractivity contribution in [1.29, 1.82) is 0 Å². The topological polar surface area (TPSA) is 68.1 Å². The number of nitro groups is 1. The normalized spacial score (nSPS) is 9.87. The van der Waals surface area contributed by atoms with Crippen LogP contribution in [0, 0.1) is 10.1 Å². The molecule has 0 aliphatic rings. The molecule has 0 aliphatic carbocycles. The van der Waals surface area contributed by atoms with E-state index in [1.165, 1.54) is 17.4 Å². The Morgan fingerprint density at radius 2 is 2.20 bits per heavy atom. The molecule has 0 saturated carbocycles. The molecule has 0 fully saturated rings. The van der Waals surface area contributed by atoms with Gasteiger partial charge in [0.25, 0.3) is 5.69 Å². The maximum atomic E-state index is 10.7. The van der Waals surface area contributed by atoms with Gasteiger partial charge in [0, 0.05) is 6.07 Å². The van der Waals surface area contributed by atoms with Gasteiger partial charge in [0.15, 0.2) is 0 Å². The highest BCUT2D eigenvalue weighted by molar-refractivity contribution is 7.13. The molecule has 76 valence electrons. The summed E-state index contributed by atoms with van der Waals surface area (Å²) in [6, 6.07) is 6.51. The second-order valence-electron chi connectivity index (χ2n) is 2.76. The van der Waals surface area contributed by atoms with Crippen molar-refractivity contribution < 1.29 is 4.92 Å². The van der Waals surface area contributed by atoms with Crippen molar-refractivity contribution in [3.05, 3.63) is 46.1 Å². The summed E-state index contributed by atoms with van der Waals surface area (Å²) in [7, 11) is 0. The fourth-order valence-corrected chi connectivity index (χ4v) is 1.67. The molecule has 1 heterocycles. The lowest BCUT2D eigenvalue weighted by Gasteiger charge is -2.02. The van der Waals surface area contributed by atoms with Crippen LogP contribution in [0.4, 0.5) is 16.4 Å². The van der Waals surface area contributed by atoms with E-state index in [0.717, 1.165) is 5.00 Å². The molecule has 2 rings (SSSR count). The minimum atomic E-state index is -0.413. The van der Waals surface area contributed by atoms with Crippen molar-refractivity contribution in [1.82, 2.24) is 4.98 Å². The van der Waals surface area contributed by atoms with Crippen molar-refractivity contribution in [2.45, 2.75) is 0 Å². The van der Waals surface area contributed by atoms with Crippen LogP contribution in [0.2, 0.25) is 0 Å². The van der Waals surface area contributed by atoms with Gasteiger partial charge in [-0.1, -0.05) is 12.1 Å². The van der Waals surface area contributed by atoms with Gasteiger partial charge in [-0.05, 0) is 6.07 Å². The van der Waals surface area contributed by atoms with Gasteiger partial charge in [-0.15, -0.1) is 11.3 Å². The van der Waals surface area contributed by atoms with Crippen LogP contribution in [0.15, 0.2) is 36.0 Å². The Morgan fingerprint density at radius 1 is 1.40 bits per heavy atom. The lowest BCUT2D eigenvalue weighted by atomic mass is 10.3. The van der Waals surface area contributed by atoms with Crippen LogP contribution >= 0.6 is 11.3 Å². The predicted octanol–water partition coefficient (Wildman–Crippen LogP) is 2.79. The Kier molecular flexibility index (Phi) is 2.59. The van der Waals surface area contributed by atoms with Crippen molar-refractivity contribution in [2.75, 3.05) is 5.32 Å². The maximum absolute atomic E-state index is 10.7. The number of thiazole rings is 1. The van der Waals surface area contributed by atoms with Crippen LogP contribution in [-0.2, 0) is 0 Å². The molecule has 0 atom stereocenters. The molecule has 0 unspecified atom stereocenters. The first kappa shape index (κ1) is 9.60.